The van der Waals surface area contributed by atoms with Crippen molar-refractivity contribution in [1.29, 1.82) is 0 Å². The fourth-order valence-electron chi connectivity index (χ4n) is 2.55. The van der Waals surface area contributed by atoms with Crippen LogP contribution in [0.4, 0.5) is 5.13 Å². The van der Waals surface area contributed by atoms with Gasteiger partial charge in [0.05, 0.1) is 16.7 Å². The molecule has 0 aliphatic rings. The molecule has 2 heterocycles. The Morgan fingerprint density at radius 1 is 1.27 bits per heavy atom. The third-order valence-corrected chi connectivity index (χ3v) is 7.48. The van der Waals surface area contributed by atoms with Gasteiger partial charge in [0.1, 0.15) is 5.82 Å². The summed E-state index contributed by atoms with van der Waals surface area (Å²) >= 11 is 4.59. The Morgan fingerprint density at radius 3 is 2.63 bits per heavy atom. The maximum Gasteiger partial charge on any atom is 0.239 e. The lowest BCUT2D eigenvalue weighted by Crippen LogP contribution is -2.23. The van der Waals surface area contributed by atoms with Crippen LogP contribution >= 0.6 is 34.9 Å². The zero-order valence-corrected chi connectivity index (χ0v) is 20.0. The number of hydrogen-bond acceptors (Lipinski definition) is 7. The molecule has 0 bridgehead atoms. The summed E-state index contributed by atoms with van der Waals surface area (Å²) in [5, 5.41) is 12.6. The number of thiazole rings is 1. The number of carbonyl (C=O) groups excluding carboxylic acids is 1. The Hall–Kier alpha value is -2.10. The number of aromatic nitrogens is 4. The molecule has 2 aromatic heterocycles. The fourth-order valence-corrected chi connectivity index (χ4v) is 5.09. The first-order chi connectivity index (χ1) is 14.4. The van der Waals surface area contributed by atoms with Gasteiger partial charge in [-0.1, -0.05) is 35.5 Å². The number of thioether (sulfide) groups is 2. The van der Waals surface area contributed by atoms with Gasteiger partial charge in [0.15, 0.2) is 10.3 Å². The van der Waals surface area contributed by atoms with Crippen molar-refractivity contribution in [2.24, 2.45) is 0 Å². The van der Waals surface area contributed by atoms with E-state index < -0.39 is 0 Å². The first-order valence-electron chi connectivity index (χ1n) is 9.51. The summed E-state index contributed by atoms with van der Waals surface area (Å²) in [6, 6.07) is 8.42. The average molecular weight is 460 g/mol. The molecule has 3 aromatic rings. The lowest BCUT2D eigenvalue weighted by Gasteiger charge is -2.12. The van der Waals surface area contributed by atoms with Crippen molar-refractivity contribution in [3.63, 3.8) is 0 Å². The van der Waals surface area contributed by atoms with E-state index in [4.69, 9.17) is 0 Å². The van der Waals surface area contributed by atoms with Crippen LogP contribution in [0.5, 0.6) is 0 Å². The molecular weight excluding hydrogens is 434 g/mol. The van der Waals surface area contributed by atoms with Crippen LogP contribution in [0.1, 0.15) is 28.9 Å². The number of nitrogens with one attached hydrogen (secondary N) is 1. The van der Waals surface area contributed by atoms with Crippen LogP contribution in [0.25, 0.3) is 0 Å². The second kappa shape index (κ2) is 10.3. The predicted molar refractivity (Wildman–Crippen MR) is 126 cm³/mol. The van der Waals surface area contributed by atoms with Gasteiger partial charge in [-0.25, -0.2) is 4.98 Å². The zero-order valence-electron chi connectivity index (χ0n) is 17.5. The van der Waals surface area contributed by atoms with Crippen molar-refractivity contribution in [2.45, 2.75) is 55.3 Å². The number of anilines is 1. The van der Waals surface area contributed by atoms with Gasteiger partial charge < -0.3 is 9.88 Å². The van der Waals surface area contributed by atoms with Gasteiger partial charge in [-0.15, -0.1) is 39.9 Å². The molecule has 3 rings (SSSR count). The Bertz CT molecular complexity index is 1010. The van der Waals surface area contributed by atoms with E-state index in [1.165, 1.54) is 33.6 Å². The van der Waals surface area contributed by atoms with Crippen LogP contribution in [0.3, 0.4) is 0 Å². The first-order valence-corrected chi connectivity index (χ1v) is 12.2. The molecule has 0 spiro atoms. The number of benzene rings is 1. The normalized spacial score (nSPS) is 12.0. The van der Waals surface area contributed by atoms with Crippen LogP contribution in [0, 0.1) is 20.8 Å². The molecule has 0 aliphatic heterocycles. The smallest absolute Gasteiger partial charge is 0.239 e. The van der Waals surface area contributed by atoms with Crippen LogP contribution < -0.4 is 5.32 Å². The standard InChI is InChI=1S/C21H25N5OS3/c1-6-11-26-18(12-28-17-9-7-13(2)8-10-17)24-25-21(26)30-16(5)19(27)23-20-22-14(3)15(4)29-20/h6-10,16H,1,11-12H2,2-5H3,(H,22,23,27). The van der Waals surface area contributed by atoms with Crippen LogP contribution in [-0.4, -0.2) is 30.9 Å². The SMILES string of the molecule is C=CCn1c(CSc2ccc(C)cc2)nnc1SC(C)C(=O)Nc1nc(C)c(C)s1. The summed E-state index contributed by atoms with van der Waals surface area (Å²) in [5.74, 6) is 1.46. The molecule has 1 unspecified atom stereocenters. The number of carbonyl (C=O) groups is 1. The van der Waals surface area contributed by atoms with Crippen LogP contribution in [-0.2, 0) is 17.1 Å². The van der Waals surface area contributed by atoms with Gasteiger partial charge in [0.25, 0.3) is 0 Å². The van der Waals surface area contributed by atoms with E-state index in [0.29, 0.717) is 22.6 Å². The molecule has 158 valence electrons. The van der Waals surface area contributed by atoms with Crippen molar-refractivity contribution < 1.29 is 4.79 Å². The number of rotatable bonds is 9. The highest BCUT2D eigenvalue weighted by Gasteiger charge is 2.21. The topological polar surface area (TPSA) is 72.7 Å². The molecule has 1 N–H and O–H groups in total. The molecule has 0 saturated carbocycles. The van der Waals surface area contributed by atoms with Gasteiger partial charge in [0.2, 0.25) is 5.91 Å². The average Bonchev–Trinajstić information content (AvgIpc) is 3.24. The highest BCUT2D eigenvalue weighted by molar-refractivity contribution is 8.00. The molecule has 0 radical (unpaired) electrons. The summed E-state index contributed by atoms with van der Waals surface area (Å²) in [7, 11) is 0. The molecule has 0 fully saturated rings. The third kappa shape index (κ3) is 5.74. The second-order valence-corrected chi connectivity index (χ2v) is 10.4. The summed E-state index contributed by atoms with van der Waals surface area (Å²) < 4.78 is 2.01. The fraction of sp³-hybridized carbons (Fsp3) is 0.333. The Morgan fingerprint density at radius 2 is 2.00 bits per heavy atom. The minimum Gasteiger partial charge on any atom is -0.301 e. The Labute approximate surface area is 189 Å². The van der Waals surface area contributed by atoms with Crippen molar-refractivity contribution in [1.82, 2.24) is 19.7 Å². The highest BCUT2D eigenvalue weighted by Crippen LogP contribution is 2.28. The Balaban J connectivity index is 1.66. The van der Waals surface area contributed by atoms with Crippen molar-refractivity contribution >= 4 is 45.9 Å². The maximum atomic E-state index is 12.6. The van der Waals surface area contributed by atoms with Gasteiger partial charge in [-0.2, -0.15) is 0 Å². The minimum atomic E-state index is -0.333. The lowest BCUT2D eigenvalue weighted by atomic mass is 10.2. The van der Waals surface area contributed by atoms with Crippen molar-refractivity contribution in [3.8, 4) is 0 Å². The molecular formula is C21H25N5OS3. The number of aryl methyl sites for hydroxylation is 3. The van der Waals surface area contributed by atoms with E-state index in [-0.39, 0.29) is 11.2 Å². The van der Waals surface area contributed by atoms with Gasteiger partial charge in [-0.05, 0) is 39.8 Å². The monoisotopic (exact) mass is 459 g/mol. The summed E-state index contributed by atoms with van der Waals surface area (Å²) in [6.45, 7) is 12.3. The van der Waals surface area contributed by atoms with E-state index in [9.17, 15) is 4.79 Å². The number of hydrogen-bond donors (Lipinski definition) is 1. The molecule has 6 nitrogen and oxygen atoms in total. The first kappa shape index (κ1) is 22.6. The second-order valence-electron chi connectivity index (χ2n) is 6.81. The quantitative estimate of drug-likeness (QED) is 0.348. The highest BCUT2D eigenvalue weighted by atomic mass is 32.2. The molecule has 0 aliphatic carbocycles. The molecule has 9 heteroatoms. The Kier molecular flexibility index (Phi) is 7.74. The van der Waals surface area contributed by atoms with E-state index in [0.717, 1.165) is 16.4 Å². The van der Waals surface area contributed by atoms with E-state index in [1.807, 2.05) is 31.4 Å². The van der Waals surface area contributed by atoms with Crippen LogP contribution in [0.15, 0.2) is 47.0 Å². The molecule has 30 heavy (non-hydrogen) atoms. The number of nitrogens with zero attached hydrogens (tertiary/aromatic N) is 4. The lowest BCUT2D eigenvalue weighted by molar-refractivity contribution is -0.115. The third-order valence-electron chi connectivity index (χ3n) is 4.40. The van der Waals surface area contributed by atoms with E-state index in [1.54, 1.807) is 11.8 Å². The molecule has 0 saturated heterocycles. The molecule has 1 amide bonds. The summed E-state index contributed by atoms with van der Waals surface area (Å²) in [6.07, 6.45) is 1.82. The van der Waals surface area contributed by atoms with Crippen LogP contribution in [0.2, 0.25) is 0 Å². The zero-order chi connectivity index (χ0) is 21.7. The summed E-state index contributed by atoms with van der Waals surface area (Å²) in [5.41, 5.74) is 2.18. The number of amides is 1. The molecule has 1 atom stereocenters. The molecule has 1 aromatic carbocycles. The van der Waals surface area contributed by atoms with Crippen molar-refractivity contribution in [2.75, 3.05) is 5.32 Å². The number of allylic oxidation sites excluding steroid dienone is 1. The summed E-state index contributed by atoms with van der Waals surface area (Å²) in [4.78, 5) is 19.3. The predicted octanol–water partition coefficient (Wildman–Crippen LogP) is 5.26. The van der Waals surface area contributed by atoms with E-state index in [2.05, 4.69) is 58.3 Å². The maximum absolute atomic E-state index is 12.6. The van der Waals surface area contributed by atoms with Gasteiger partial charge >= 0.3 is 0 Å². The van der Waals surface area contributed by atoms with Gasteiger partial charge in [-0.3, -0.25) is 4.79 Å². The minimum absolute atomic E-state index is 0.0996. The largest absolute Gasteiger partial charge is 0.301 e. The van der Waals surface area contributed by atoms with E-state index >= 15 is 0 Å². The van der Waals surface area contributed by atoms with Gasteiger partial charge in [0, 0.05) is 16.3 Å². The van der Waals surface area contributed by atoms with Crippen molar-refractivity contribution in [3.05, 3.63) is 58.9 Å².